The van der Waals surface area contributed by atoms with Gasteiger partial charge in [0.25, 0.3) is 0 Å². The topological polar surface area (TPSA) is 33.2 Å². The molecule has 1 aliphatic carbocycles. The van der Waals surface area contributed by atoms with E-state index < -0.39 is 0 Å². The summed E-state index contributed by atoms with van der Waals surface area (Å²) in [5, 5.41) is 0.759. The van der Waals surface area contributed by atoms with Gasteiger partial charge in [-0.3, -0.25) is 14.7 Å². The van der Waals surface area contributed by atoms with E-state index in [0.717, 1.165) is 51.9 Å². The molecule has 4 rings (SSSR count). The Balaban J connectivity index is 1.86. The average molecular weight is 527 g/mol. The van der Waals surface area contributed by atoms with Crippen molar-refractivity contribution in [2.24, 2.45) is 5.92 Å². The Morgan fingerprint density at radius 2 is 1.96 bits per heavy atom. The van der Waals surface area contributed by atoms with Crippen LogP contribution in [-0.2, 0) is 17.6 Å². The Labute approximate surface area is 188 Å². The van der Waals surface area contributed by atoms with Gasteiger partial charge in [0, 0.05) is 26.1 Å². The van der Waals surface area contributed by atoms with Gasteiger partial charge in [0.15, 0.2) is 0 Å². The maximum Gasteiger partial charge on any atom is 0.146 e. The highest BCUT2D eigenvalue weighted by molar-refractivity contribution is 9.10. The largest absolute Gasteiger partial charge is 0.298 e. The summed E-state index contributed by atoms with van der Waals surface area (Å²) in [7, 11) is 2.06. The maximum atomic E-state index is 12.3. The SMILES string of the molecule is CC(=O)[C@H]1CC([C@@H]2c3ncc(Br)cc3CCc3cc(Cl)cc(Br)c32)CCN1C. The number of aromatic nitrogens is 1. The molecule has 2 heterocycles. The minimum absolute atomic E-state index is 0.0181. The summed E-state index contributed by atoms with van der Waals surface area (Å²) in [5.74, 6) is 0.787. The first-order valence-corrected chi connectivity index (χ1v) is 11.6. The molecule has 1 unspecified atom stereocenters. The fraction of sp³-hybridized carbons (Fsp3) is 0.455. The quantitative estimate of drug-likeness (QED) is 0.497. The van der Waals surface area contributed by atoms with Gasteiger partial charge in [0.1, 0.15) is 5.78 Å². The molecule has 1 aliphatic heterocycles. The number of fused-ring (bicyclic) bond motifs is 2. The van der Waals surface area contributed by atoms with Crippen LogP contribution in [0.2, 0.25) is 5.02 Å². The molecule has 3 nitrogen and oxygen atoms in total. The van der Waals surface area contributed by atoms with Gasteiger partial charge >= 0.3 is 0 Å². The van der Waals surface area contributed by atoms with E-state index in [9.17, 15) is 4.79 Å². The Morgan fingerprint density at radius 3 is 2.71 bits per heavy atom. The monoisotopic (exact) mass is 524 g/mol. The number of ketones is 1. The normalized spacial score (nSPS) is 25.0. The molecule has 0 N–H and O–H groups in total. The Hall–Kier alpha value is -0.750. The molecular formula is C22H23Br2ClN2O. The number of likely N-dealkylation sites (N-methyl/N-ethyl adjacent to an activating group) is 1. The number of Topliss-reactive ketones (excluding diaryl/α,β-unsaturated/α-hetero) is 1. The molecule has 0 radical (unpaired) electrons. The first-order chi connectivity index (χ1) is 13.3. The number of piperidine rings is 1. The average Bonchev–Trinajstić information content (AvgIpc) is 2.79. The van der Waals surface area contributed by atoms with Gasteiger partial charge in [0.2, 0.25) is 0 Å². The molecule has 1 aromatic heterocycles. The molecule has 0 spiro atoms. The Bertz CT molecular complexity index is 933. The van der Waals surface area contributed by atoms with E-state index in [2.05, 4.69) is 55.9 Å². The highest BCUT2D eigenvalue weighted by Crippen LogP contribution is 2.46. The first kappa shape index (κ1) is 20.5. The van der Waals surface area contributed by atoms with Crippen LogP contribution < -0.4 is 0 Å². The standard InChI is InChI=1S/C22H23Br2ClN2O/c1-12(28)19-9-14(5-6-27(19)2)21-20-13(8-17(25)10-18(20)24)3-4-15-7-16(23)11-26-22(15)21/h7-8,10-11,14,19,21H,3-6,9H2,1-2H3/t14?,19-,21+/m1/s1. The van der Waals surface area contributed by atoms with E-state index in [1.54, 1.807) is 6.92 Å². The number of halogens is 3. The minimum atomic E-state index is -0.0181. The van der Waals surface area contributed by atoms with Crippen molar-refractivity contribution in [2.75, 3.05) is 13.6 Å². The van der Waals surface area contributed by atoms with E-state index in [4.69, 9.17) is 16.6 Å². The number of pyridine rings is 1. The molecule has 28 heavy (non-hydrogen) atoms. The van der Waals surface area contributed by atoms with Crippen LogP contribution in [-0.4, -0.2) is 35.3 Å². The van der Waals surface area contributed by atoms with E-state index in [-0.39, 0.29) is 17.7 Å². The number of likely N-dealkylation sites (tertiary alicyclic amines) is 1. The van der Waals surface area contributed by atoms with Crippen molar-refractivity contribution in [1.82, 2.24) is 9.88 Å². The zero-order valence-electron chi connectivity index (χ0n) is 16.0. The van der Waals surface area contributed by atoms with Crippen LogP contribution in [0.1, 0.15) is 48.1 Å². The first-order valence-electron chi connectivity index (χ1n) is 9.68. The summed E-state index contributed by atoms with van der Waals surface area (Å²) >= 11 is 13.8. The Morgan fingerprint density at radius 1 is 1.21 bits per heavy atom. The summed E-state index contributed by atoms with van der Waals surface area (Å²) < 4.78 is 2.06. The molecule has 0 amide bonds. The van der Waals surface area contributed by atoms with Crippen molar-refractivity contribution in [2.45, 2.75) is 44.6 Å². The number of hydrogen-bond donors (Lipinski definition) is 0. The number of carbonyl (C=O) groups excluding carboxylic acids is 1. The van der Waals surface area contributed by atoms with Crippen molar-refractivity contribution in [1.29, 1.82) is 0 Å². The minimum Gasteiger partial charge on any atom is -0.298 e. The van der Waals surface area contributed by atoms with Crippen molar-refractivity contribution in [3.63, 3.8) is 0 Å². The smallest absolute Gasteiger partial charge is 0.146 e. The van der Waals surface area contributed by atoms with Crippen LogP contribution >= 0.6 is 43.5 Å². The second-order valence-corrected chi connectivity index (χ2v) is 10.2. The zero-order chi connectivity index (χ0) is 20.0. The lowest BCUT2D eigenvalue weighted by Crippen LogP contribution is -2.45. The lowest BCUT2D eigenvalue weighted by atomic mass is 9.74. The predicted molar refractivity (Wildman–Crippen MR) is 120 cm³/mol. The van der Waals surface area contributed by atoms with Crippen LogP contribution in [0.4, 0.5) is 0 Å². The van der Waals surface area contributed by atoms with Gasteiger partial charge in [-0.1, -0.05) is 27.5 Å². The fourth-order valence-electron chi connectivity index (χ4n) is 4.92. The highest BCUT2D eigenvalue weighted by atomic mass is 79.9. The predicted octanol–water partition coefficient (Wildman–Crippen LogP) is 5.79. The van der Waals surface area contributed by atoms with Crippen molar-refractivity contribution < 1.29 is 4.79 Å². The van der Waals surface area contributed by atoms with E-state index >= 15 is 0 Å². The molecule has 0 saturated carbocycles. The number of aryl methyl sites for hydroxylation is 2. The van der Waals surface area contributed by atoms with Crippen LogP contribution in [0, 0.1) is 5.92 Å². The van der Waals surface area contributed by atoms with E-state index in [1.807, 2.05) is 12.3 Å². The van der Waals surface area contributed by atoms with Crippen molar-refractivity contribution in [3.8, 4) is 0 Å². The molecule has 1 fully saturated rings. The van der Waals surface area contributed by atoms with Gasteiger partial charge < -0.3 is 0 Å². The van der Waals surface area contributed by atoms with Gasteiger partial charge in [-0.05, 0) is 103 Å². The van der Waals surface area contributed by atoms with Gasteiger partial charge in [0.05, 0.1) is 11.7 Å². The lowest BCUT2D eigenvalue weighted by molar-refractivity contribution is -0.123. The number of rotatable bonds is 2. The summed E-state index contributed by atoms with van der Waals surface area (Å²) in [6.07, 6.45) is 5.70. The Kier molecular flexibility index (Phi) is 5.99. The van der Waals surface area contributed by atoms with Crippen LogP contribution in [0.5, 0.6) is 0 Å². The summed E-state index contributed by atoms with van der Waals surface area (Å²) in [6, 6.07) is 6.28. The molecule has 1 aromatic carbocycles. The zero-order valence-corrected chi connectivity index (χ0v) is 19.9. The molecule has 0 bridgehead atoms. The van der Waals surface area contributed by atoms with Gasteiger partial charge in [-0.25, -0.2) is 0 Å². The van der Waals surface area contributed by atoms with Crippen molar-refractivity contribution >= 4 is 49.2 Å². The molecule has 148 valence electrons. The molecule has 3 atom stereocenters. The summed E-state index contributed by atoms with van der Waals surface area (Å²) in [5.41, 5.74) is 5.03. The summed E-state index contributed by atoms with van der Waals surface area (Å²) in [4.78, 5) is 19.3. The molecule has 2 aliphatic rings. The lowest BCUT2D eigenvalue weighted by Gasteiger charge is -2.40. The molecular weight excluding hydrogens is 504 g/mol. The number of nitrogens with zero attached hydrogens (tertiary/aromatic N) is 2. The van der Waals surface area contributed by atoms with E-state index in [1.165, 1.54) is 16.7 Å². The fourth-order valence-corrected chi connectivity index (χ4v) is 6.42. The summed E-state index contributed by atoms with van der Waals surface area (Å²) in [6.45, 7) is 2.64. The van der Waals surface area contributed by atoms with Crippen LogP contribution in [0.3, 0.4) is 0 Å². The molecule has 1 saturated heterocycles. The third kappa shape index (κ3) is 3.83. The number of benzene rings is 1. The van der Waals surface area contributed by atoms with Crippen LogP contribution in [0.15, 0.2) is 33.3 Å². The number of hydrogen-bond acceptors (Lipinski definition) is 3. The second-order valence-electron chi connectivity index (χ2n) is 8.03. The van der Waals surface area contributed by atoms with Crippen molar-refractivity contribution in [3.05, 3.63) is 60.7 Å². The van der Waals surface area contributed by atoms with E-state index in [0.29, 0.717) is 5.92 Å². The number of carbonyl (C=O) groups is 1. The highest BCUT2D eigenvalue weighted by Gasteiger charge is 2.38. The molecule has 6 heteroatoms. The van der Waals surface area contributed by atoms with Gasteiger partial charge in [-0.15, -0.1) is 0 Å². The third-order valence-electron chi connectivity index (χ3n) is 6.27. The van der Waals surface area contributed by atoms with Gasteiger partial charge in [-0.2, -0.15) is 0 Å². The molecule has 2 aromatic rings. The van der Waals surface area contributed by atoms with Crippen LogP contribution in [0.25, 0.3) is 0 Å². The third-order valence-corrected chi connectivity index (χ3v) is 7.58. The second kappa shape index (κ2) is 8.17. The maximum absolute atomic E-state index is 12.3.